The van der Waals surface area contributed by atoms with Crippen molar-refractivity contribution in [2.45, 2.75) is 45.3 Å². The third-order valence-corrected chi connectivity index (χ3v) is 2.67. The second-order valence-electron chi connectivity index (χ2n) is 5.59. The van der Waals surface area contributed by atoms with E-state index >= 15 is 0 Å². The number of likely N-dealkylation sites (tertiary alicyclic amines) is 1. The van der Waals surface area contributed by atoms with Gasteiger partial charge in [0.1, 0.15) is 5.60 Å². The molecule has 0 aliphatic carbocycles. The fraction of sp³-hybridized carbons (Fsp3) is 0.833. The third-order valence-electron chi connectivity index (χ3n) is 2.67. The zero-order chi connectivity index (χ0) is 13.8. The van der Waals surface area contributed by atoms with Crippen LogP contribution in [0.4, 0.5) is 4.79 Å². The third kappa shape index (κ3) is 7.63. The molecule has 0 aromatic rings. The van der Waals surface area contributed by atoms with Crippen molar-refractivity contribution >= 4 is 12.1 Å². The number of carbonyl (C=O) groups is 2. The van der Waals surface area contributed by atoms with Gasteiger partial charge >= 0.3 is 12.1 Å². The number of rotatable bonds is 3. The molecule has 1 aliphatic heterocycles. The van der Waals surface area contributed by atoms with E-state index in [4.69, 9.17) is 9.84 Å². The van der Waals surface area contributed by atoms with Crippen molar-refractivity contribution in [1.29, 1.82) is 0 Å². The van der Waals surface area contributed by atoms with Crippen LogP contribution in [-0.2, 0) is 9.53 Å². The number of nitrogens with zero attached hydrogens (tertiary/aromatic N) is 1. The number of ether oxygens (including phenoxy) is 1. The first-order chi connectivity index (χ1) is 8.26. The number of carboxylic acid groups (broad SMARTS) is 1. The van der Waals surface area contributed by atoms with E-state index in [1.54, 1.807) is 0 Å². The molecule has 1 rings (SSSR count). The van der Waals surface area contributed by atoms with Gasteiger partial charge in [-0.05, 0) is 33.6 Å². The number of carboxylic acids is 1. The van der Waals surface area contributed by atoms with E-state index in [-0.39, 0.29) is 18.1 Å². The van der Waals surface area contributed by atoms with Gasteiger partial charge in [0, 0.05) is 19.1 Å². The van der Waals surface area contributed by atoms with Gasteiger partial charge in [-0.3, -0.25) is 9.69 Å². The van der Waals surface area contributed by atoms with Crippen LogP contribution < -0.4 is 5.32 Å². The zero-order valence-electron chi connectivity index (χ0n) is 11.7. The molecule has 7 heteroatoms. The lowest BCUT2D eigenvalue weighted by molar-refractivity contribution is -0.138. The summed E-state index contributed by atoms with van der Waals surface area (Å²) in [6.45, 7) is 6.91. The number of alkyl carbamates (subject to hydrolysis) is 1. The molecule has 1 fully saturated rings. The average Bonchev–Trinajstić information content (AvgIpc) is 2.17. The summed E-state index contributed by atoms with van der Waals surface area (Å²) in [5.41, 5.74) is -0.492. The lowest BCUT2D eigenvalue weighted by atomic mass is 10.1. The topological polar surface area (TPSA) is 110 Å². The van der Waals surface area contributed by atoms with E-state index in [0.717, 1.165) is 12.8 Å². The molecule has 0 aromatic heterocycles. The van der Waals surface area contributed by atoms with Crippen LogP contribution in [0.25, 0.3) is 0 Å². The smallest absolute Gasteiger partial charge is 0.407 e. The summed E-state index contributed by atoms with van der Waals surface area (Å²) in [6.07, 6.45) is 1.11. The van der Waals surface area contributed by atoms with Crippen LogP contribution in [0, 0.1) is 0 Å². The molecule has 0 atom stereocenters. The van der Waals surface area contributed by atoms with Crippen LogP contribution >= 0.6 is 0 Å². The SMILES string of the molecule is CC(C)(C)OC(=O)NC1CCN(CC(=O)O)CC1.O. The maximum atomic E-state index is 11.5. The lowest BCUT2D eigenvalue weighted by Gasteiger charge is -2.31. The van der Waals surface area contributed by atoms with Crippen molar-refractivity contribution in [2.24, 2.45) is 0 Å². The Balaban J connectivity index is 0.00000324. The molecule has 19 heavy (non-hydrogen) atoms. The molecule has 1 amide bonds. The standard InChI is InChI=1S/C12H22N2O4.H2O/c1-12(2,3)18-11(17)13-9-4-6-14(7-5-9)8-10(15)16;/h9H,4-8H2,1-3H3,(H,13,17)(H,15,16);1H2. The number of hydrogen-bond acceptors (Lipinski definition) is 4. The Hall–Kier alpha value is -1.34. The summed E-state index contributed by atoms with van der Waals surface area (Å²) in [7, 11) is 0. The van der Waals surface area contributed by atoms with Gasteiger partial charge in [0.05, 0.1) is 6.54 Å². The summed E-state index contributed by atoms with van der Waals surface area (Å²) in [5, 5.41) is 11.5. The van der Waals surface area contributed by atoms with Crippen molar-refractivity contribution < 1.29 is 24.9 Å². The highest BCUT2D eigenvalue weighted by molar-refractivity contribution is 5.69. The maximum Gasteiger partial charge on any atom is 0.407 e. The molecule has 0 saturated carbocycles. The van der Waals surface area contributed by atoms with Crippen molar-refractivity contribution in [3.8, 4) is 0 Å². The number of hydrogen-bond donors (Lipinski definition) is 2. The Morgan fingerprint density at radius 1 is 1.32 bits per heavy atom. The van der Waals surface area contributed by atoms with E-state index in [1.807, 2.05) is 25.7 Å². The van der Waals surface area contributed by atoms with Gasteiger partial charge in [0.2, 0.25) is 0 Å². The molecule has 0 unspecified atom stereocenters. The van der Waals surface area contributed by atoms with Crippen LogP contribution in [0.5, 0.6) is 0 Å². The van der Waals surface area contributed by atoms with Crippen molar-refractivity contribution in [1.82, 2.24) is 10.2 Å². The fourth-order valence-electron chi connectivity index (χ4n) is 1.90. The summed E-state index contributed by atoms with van der Waals surface area (Å²) < 4.78 is 5.17. The molecule has 1 saturated heterocycles. The van der Waals surface area contributed by atoms with Crippen molar-refractivity contribution in [2.75, 3.05) is 19.6 Å². The first kappa shape index (κ1) is 17.7. The van der Waals surface area contributed by atoms with Gasteiger partial charge in [-0.2, -0.15) is 0 Å². The lowest BCUT2D eigenvalue weighted by Crippen LogP contribution is -2.47. The average molecular weight is 276 g/mol. The molecular formula is C12H24N2O5. The highest BCUT2D eigenvalue weighted by Crippen LogP contribution is 2.12. The summed E-state index contributed by atoms with van der Waals surface area (Å²) in [6, 6.07) is 0.0740. The molecule has 4 N–H and O–H groups in total. The highest BCUT2D eigenvalue weighted by atomic mass is 16.6. The molecular weight excluding hydrogens is 252 g/mol. The van der Waals surface area contributed by atoms with Crippen molar-refractivity contribution in [3.63, 3.8) is 0 Å². The monoisotopic (exact) mass is 276 g/mol. The zero-order valence-corrected chi connectivity index (χ0v) is 11.7. The predicted octanol–water partition coefficient (Wildman–Crippen LogP) is 0.235. The highest BCUT2D eigenvalue weighted by Gasteiger charge is 2.24. The Bertz CT molecular complexity index is 306. The van der Waals surface area contributed by atoms with Crippen LogP contribution in [0.3, 0.4) is 0 Å². The molecule has 0 spiro atoms. The maximum absolute atomic E-state index is 11.5. The van der Waals surface area contributed by atoms with Crippen LogP contribution in [0.15, 0.2) is 0 Å². The first-order valence-electron chi connectivity index (χ1n) is 6.20. The van der Waals surface area contributed by atoms with Crippen molar-refractivity contribution in [3.05, 3.63) is 0 Å². The van der Waals surface area contributed by atoms with E-state index in [2.05, 4.69) is 5.32 Å². The Morgan fingerprint density at radius 3 is 2.26 bits per heavy atom. The minimum atomic E-state index is -0.812. The summed E-state index contributed by atoms with van der Waals surface area (Å²) >= 11 is 0. The summed E-state index contributed by atoms with van der Waals surface area (Å²) in [5.74, 6) is -0.812. The normalized spacial score (nSPS) is 17.4. The number of nitrogens with one attached hydrogen (secondary N) is 1. The molecule has 0 bridgehead atoms. The van der Waals surface area contributed by atoms with Gasteiger partial charge in [0.15, 0.2) is 0 Å². The Kier molecular flexibility index (Phi) is 6.78. The van der Waals surface area contributed by atoms with E-state index in [0.29, 0.717) is 13.1 Å². The van der Waals surface area contributed by atoms with Crippen LogP contribution in [0.2, 0.25) is 0 Å². The fourth-order valence-corrected chi connectivity index (χ4v) is 1.90. The molecule has 112 valence electrons. The van der Waals surface area contributed by atoms with Gasteiger partial charge in [-0.15, -0.1) is 0 Å². The van der Waals surface area contributed by atoms with E-state index in [1.165, 1.54) is 0 Å². The van der Waals surface area contributed by atoms with Gasteiger partial charge in [0.25, 0.3) is 0 Å². The second kappa shape index (κ2) is 7.30. The van der Waals surface area contributed by atoms with Gasteiger partial charge in [-0.1, -0.05) is 0 Å². The summed E-state index contributed by atoms with van der Waals surface area (Å²) in [4.78, 5) is 24.0. The largest absolute Gasteiger partial charge is 0.480 e. The quantitative estimate of drug-likeness (QED) is 0.767. The van der Waals surface area contributed by atoms with Gasteiger partial charge < -0.3 is 20.6 Å². The molecule has 7 nitrogen and oxygen atoms in total. The van der Waals surface area contributed by atoms with E-state index in [9.17, 15) is 9.59 Å². The molecule has 1 aliphatic rings. The number of carbonyl (C=O) groups excluding carboxylic acids is 1. The molecule has 0 aromatic carbocycles. The first-order valence-corrected chi connectivity index (χ1v) is 6.20. The van der Waals surface area contributed by atoms with Gasteiger partial charge in [-0.25, -0.2) is 4.79 Å². The van der Waals surface area contributed by atoms with Crippen LogP contribution in [-0.4, -0.2) is 58.8 Å². The number of aliphatic carboxylic acids is 1. The second-order valence-corrected chi connectivity index (χ2v) is 5.59. The van der Waals surface area contributed by atoms with Crippen LogP contribution in [0.1, 0.15) is 33.6 Å². The predicted molar refractivity (Wildman–Crippen MR) is 70.1 cm³/mol. The molecule has 0 radical (unpaired) electrons. The Labute approximate surface area is 113 Å². The minimum absolute atomic E-state index is 0. The number of piperidine rings is 1. The number of amides is 1. The van der Waals surface area contributed by atoms with E-state index < -0.39 is 17.7 Å². The Morgan fingerprint density at radius 2 is 1.84 bits per heavy atom. The minimum Gasteiger partial charge on any atom is -0.480 e. The molecule has 1 heterocycles.